The van der Waals surface area contributed by atoms with Crippen LogP contribution < -0.4 is 4.74 Å². The Morgan fingerprint density at radius 3 is 2.38 bits per heavy atom. The van der Waals surface area contributed by atoms with Crippen molar-refractivity contribution in [2.45, 2.75) is 0 Å². The second-order valence-electron chi connectivity index (χ2n) is 4.51. The molecule has 104 valence electrons. The molecule has 1 heterocycles. The number of nitriles is 1. The molecule has 0 aliphatic heterocycles. The predicted octanol–water partition coefficient (Wildman–Crippen LogP) is 3.79. The summed E-state index contributed by atoms with van der Waals surface area (Å²) >= 11 is 0. The topological polar surface area (TPSA) is 38.0 Å². The van der Waals surface area contributed by atoms with Gasteiger partial charge in [-0.2, -0.15) is 5.26 Å². The molecule has 5 heteroatoms. The standard InChI is InChI=1S/C16H10F2N2O/c1-21-12-4-2-11(3-5-12)20-9-10(8-19)13-6-14(17)15(18)7-16(13)20/h2-7,9H,1H3. The molecule has 0 unspecified atom stereocenters. The zero-order valence-electron chi connectivity index (χ0n) is 11.1. The molecule has 3 nitrogen and oxygen atoms in total. The van der Waals surface area contributed by atoms with E-state index in [2.05, 4.69) is 0 Å². The molecule has 0 atom stereocenters. The minimum Gasteiger partial charge on any atom is -0.497 e. The fraction of sp³-hybridized carbons (Fsp3) is 0.0625. The van der Waals surface area contributed by atoms with Crippen LogP contribution in [0.1, 0.15) is 5.56 Å². The number of fused-ring (bicyclic) bond motifs is 1. The third kappa shape index (κ3) is 2.11. The molecule has 0 amide bonds. The summed E-state index contributed by atoms with van der Waals surface area (Å²) in [6.07, 6.45) is 1.56. The van der Waals surface area contributed by atoms with Crippen molar-refractivity contribution in [1.82, 2.24) is 4.57 Å². The van der Waals surface area contributed by atoms with E-state index in [-0.39, 0.29) is 0 Å². The number of aromatic nitrogens is 1. The summed E-state index contributed by atoms with van der Waals surface area (Å²) in [5, 5.41) is 9.52. The van der Waals surface area contributed by atoms with Crippen molar-refractivity contribution in [2.24, 2.45) is 0 Å². The third-order valence-electron chi connectivity index (χ3n) is 3.32. The van der Waals surface area contributed by atoms with Gasteiger partial charge in [0.2, 0.25) is 0 Å². The molecule has 0 aliphatic carbocycles. The molecule has 1 aromatic heterocycles. The first-order valence-electron chi connectivity index (χ1n) is 6.18. The van der Waals surface area contributed by atoms with Crippen molar-refractivity contribution < 1.29 is 13.5 Å². The fourth-order valence-electron chi connectivity index (χ4n) is 2.27. The molecule has 0 fully saturated rings. The Bertz CT molecular complexity index is 861. The minimum atomic E-state index is -0.966. The highest BCUT2D eigenvalue weighted by Gasteiger charge is 2.13. The summed E-state index contributed by atoms with van der Waals surface area (Å²) < 4.78 is 33.6. The molecule has 0 radical (unpaired) electrons. The van der Waals surface area contributed by atoms with Crippen LogP contribution in [0.5, 0.6) is 5.75 Å². The van der Waals surface area contributed by atoms with Crippen LogP contribution in [0.25, 0.3) is 16.6 Å². The van der Waals surface area contributed by atoms with E-state index in [1.807, 2.05) is 6.07 Å². The molecule has 3 aromatic rings. The zero-order valence-corrected chi connectivity index (χ0v) is 11.1. The summed E-state index contributed by atoms with van der Waals surface area (Å²) in [5.41, 5.74) is 1.46. The van der Waals surface area contributed by atoms with E-state index in [1.54, 1.807) is 42.1 Å². The van der Waals surface area contributed by atoms with Crippen LogP contribution in [-0.2, 0) is 0 Å². The lowest BCUT2D eigenvalue weighted by atomic mass is 10.2. The largest absolute Gasteiger partial charge is 0.497 e. The molecule has 3 rings (SSSR count). The monoisotopic (exact) mass is 284 g/mol. The number of rotatable bonds is 2. The van der Waals surface area contributed by atoms with Crippen LogP contribution in [0.3, 0.4) is 0 Å². The molecule has 0 bridgehead atoms. The van der Waals surface area contributed by atoms with Gasteiger partial charge >= 0.3 is 0 Å². The Morgan fingerprint density at radius 1 is 1.10 bits per heavy atom. The smallest absolute Gasteiger partial charge is 0.160 e. The number of benzene rings is 2. The SMILES string of the molecule is COc1ccc(-n2cc(C#N)c3cc(F)c(F)cc32)cc1. The number of hydrogen-bond acceptors (Lipinski definition) is 2. The van der Waals surface area contributed by atoms with E-state index >= 15 is 0 Å². The van der Waals surface area contributed by atoms with Crippen molar-refractivity contribution >= 4 is 10.9 Å². The molecule has 0 saturated carbocycles. The van der Waals surface area contributed by atoms with Gasteiger partial charge in [-0.05, 0) is 30.3 Å². The third-order valence-corrected chi connectivity index (χ3v) is 3.32. The Balaban J connectivity index is 2.27. The van der Waals surface area contributed by atoms with Gasteiger partial charge in [-0.25, -0.2) is 8.78 Å². The molecule has 21 heavy (non-hydrogen) atoms. The minimum absolute atomic E-state index is 0.291. The zero-order chi connectivity index (χ0) is 15.0. The quantitative estimate of drug-likeness (QED) is 0.718. The van der Waals surface area contributed by atoms with E-state index in [0.29, 0.717) is 22.2 Å². The van der Waals surface area contributed by atoms with Crippen molar-refractivity contribution in [3.63, 3.8) is 0 Å². The first kappa shape index (κ1) is 13.1. The summed E-state index contributed by atoms with van der Waals surface area (Å²) in [4.78, 5) is 0. The van der Waals surface area contributed by atoms with Gasteiger partial charge in [-0.1, -0.05) is 0 Å². The molecule has 0 spiro atoms. The van der Waals surface area contributed by atoms with Gasteiger partial charge in [0, 0.05) is 23.3 Å². The molecular weight excluding hydrogens is 274 g/mol. The second-order valence-corrected chi connectivity index (χ2v) is 4.51. The average molecular weight is 284 g/mol. The van der Waals surface area contributed by atoms with Crippen LogP contribution in [-0.4, -0.2) is 11.7 Å². The predicted molar refractivity (Wildman–Crippen MR) is 74.5 cm³/mol. The van der Waals surface area contributed by atoms with Gasteiger partial charge in [-0.3, -0.25) is 0 Å². The van der Waals surface area contributed by atoms with Gasteiger partial charge in [0.15, 0.2) is 11.6 Å². The summed E-state index contributed by atoms with van der Waals surface area (Å²) in [5.74, 6) is -1.22. The number of methoxy groups -OCH3 is 1. The van der Waals surface area contributed by atoms with Crippen molar-refractivity contribution in [3.05, 3.63) is 59.8 Å². The van der Waals surface area contributed by atoms with Crippen LogP contribution in [0.4, 0.5) is 8.78 Å². The molecular formula is C16H10F2N2O. The Kier molecular flexibility index (Phi) is 3.07. The van der Waals surface area contributed by atoms with Gasteiger partial charge in [0.1, 0.15) is 11.8 Å². The van der Waals surface area contributed by atoms with Gasteiger partial charge in [0.05, 0.1) is 18.2 Å². The number of hydrogen-bond donors (Lipinski definition) is 0. The van der Waals surface area contributed by atoms with E-state index in [9.17, 15) is 8.78 Å². The van der Waals surface area contributed by atoms with Crippen molar-refractivity contribution in [2.75, 3.05) is 7.11 Å². The number of halogens is 2. The van der Waals surface area contributed by atoms with Crippen molar-refractivity contribution in [3.8, 4) is 17.5 Å². The van der Waals surface area contributed by atoms with E-state index < -0.39 is 11.6 Å². The summed E-state index contributed by atoms with van der Waals surface area (Å²) in [6.45, 7) is 0. The Hall–Kier alpha value is -2.87. The van der Waals surface area contributed by atoms with Gasteiger partial charge < -0.3 is 9.30 Å². The van der Waals surface area contributed by atoms with Gasteiger partial charge in [-0.15, -0.1) is 0 Å². The Labute approximate surface area is 119 Å². The average Bonchev–Trinajstić information content (AvgIpc) is 2.85. The highest BCUT2D eigenvalue weighted by atomic mass is 19.2. The molecule has 0 aliphatic rings. The lowest BCUT2D eigenvalue weighted by molar-refractivity contribution is 0.415. The van der Waals surface area contributed by atoms with E-state index in [1.165, 1.54) is 0 Å². The normalized spacial score (nSPS) is 10.6. The number of nitrogens with zero attached hydrogens (tertiary/aromatic N) is 2. The van der Waals surface area contributed by atoms with E-state index in [4.69, 9.17) is 10.00 Å². The maximum absolute atomic E-state index is 13.5. The first-order chi connectivity index (χ1) is 10.1. The highest BCUT2D eigenvalue weighted by molar-refractivity contribution is 5.88. The maximum atomic E-state index is 13.5. The first-order valence-corrected chi connectivity index (χ1v) is 6.18. The van der Waals surface area contributed by atoms with Crippen LogP contribution in [0, 0.1) is 23.0 Å². The molecule has 0 saturated heterocycles. The maximum Gasteiger partial charge on any atom is 0.160 e. The van der Waals surface area contributed by atoms with E-state index in [0.717, 1.165) is 17.8 Å². The lowest BCUT2D eigenvalue weighted by Crippen LogP contribution is -1.93. The summed E-state index contributed by atoms with van der Waals surface area (Å²) in [6, 6.07) is 11.2. The number of ether oxygens (including phenoxy) is 1. The fourth-order valence-corrected chi connectivity index (χ4v) is 2.27. The summed E-state index contributed by atoms with van der Waals surface area (Å²) in [7, 11) is 1.56. The van der Waals surface area contributed by atoms with Crippen LogP contribution in [0.2, 0.25) is 0 Å². The highest BCUT2D eigenvalue weighted by Crippen LogP contribution is 2.27. The van der Waals surface area contributed by atoms with Crippen LogP contribution in [0.15, 0.2) is 42.6 Å². The van der Waals surface area contributed by atoms with Crippen molar-refractivity contribution in [1.29, 1.82) is 5.26 Å². The lowest BCUT2D eigenvalue weighted by Gasteiger charge is -2.07. The Morgan fingerprint density at radius 2 is 1.76 bits per heavy atom. The van der Waals surface area contributed by atoms with Gasteiger partial charge in [0.25, 0.3) is 0 Å². The molecule has 0 N–H and O–H groups in total. The second kappa shape index (κ2) is 4.91. The van der Waals surface area contributed by atoms with Crippen LogP contribution >= 0.6 is 0 Å². The molecule has 2 aromatic carbocycles.